The molecule has 0 fully saturated rings. The molecule has 2 heterocycles. The van der Waals surface area contributed by atoms with Crippen molar-refractivity contribution in [2.24, 2.45) is 0 Å². The Morgan fingerprint density at radius 2 is 1.79 bits per heavy atom. The summed E-state index contributed by atoms with van der Waals surface area (Å²) in [5.41, 5.74) is 4.59. The van der Waals surface area contributed by atoms with E-state index in [-0.39, 0.29) is 26.6 Å². The van der Waals surface area contributed by atoms with E-state index in [4.69, 9.17) is 19.8 Å². The first-order chi connectivity index (χ1) is 10.8. The molecule has 0 saturated heterocycles. The van der Waals surface area contributed by atoms with Crippen molar-refractivity contribution >= 4 is 17.6 Å². The summed E-state index contributed by atoms with van der Waals surface area (Å²) in [5.74, 6) is -3.65. The summed E-state index contributed by atoms with van der Waals surface area (Å²) < 4.78 is 0. The normalized spacial score (nSPS) is 13.4. The van der Waals surface area contributed by atoms with E-state index in [1.54, 1.807) is 0 Å². The van der Waals surface area contributed by atoms with Gasteiger partial charge in [-0.05, 0) is 43.9 Å². The molecule has 0 atom stereocenters. The summed E-state index contributed by atoms with van der Waals surface area (Å²) in [6.07, 6.45) is 1.85. The number of carboxylic acids is 2. The zero-order valence-corrected chi connectivity index (χ0v) is 15.7. The van der Waals surface area contributed by atoms with Crippen LogP contribution in [0.4, 0.5) is 5.69 Å². The Morgan fingerprint density at radius 1 is 1.17 bits per heavy atom. The van der Waals surface area contributed by atoms with Crippen molar-refractivity contribution in [2.75, 3.05) is 11.9 Å². The van der Waals surface area contributed by atoms with Gasteiger partial charge in [0.2, 0.25) is 0 Å². The van der Waals surface area contributed by atoms with Crippen LogP contribution in [0.3, 0.4) is 0 Å². The van der Waals surface area contributed by atoms with E-state index >= 15 is 0 Å². The van der Waals surface area contributed by atoms with Gasteiger partial charge in [0.1, 0.15) is 0 Å². The number of aromatic nitrogens is 1. The van der Waals surface area contributed by atoms with Gasteiger partial charge in [0.25, 0.3) is 0 Å². The first-order valence-corrected chi connectivity index (χ1v) is 6.93. The van der Waals surface area contributed by atoms with Gasteiger partial charge in [0.05, 0.1) is 0 Å². The molecule has 0 radical (unpaired) electrons. The second-order valence-electron chi connectivity index (χ2n) is 5.56. The van der Waals surface area contributed by atoms with Crippen LogP contribution < -0.4 is 4.90 Å². The molecule has 0 amide bonds. The van der Waals surface area contributed by atoms with Crippen LogP contribution in [0.2, 0.25) is 0 Å². The number of carbonyl (C=O) groups is 2. The maximum atomic E-state index is 9.10. The molecule has 0 spiro atoms. The van der Waals surface area contributed by atoms with Gasteiger partial charge in [-0.3, -0.25) is 0 Å². The van der Waals surface area contributed by atoms with Crippen molar-refractivity contribution in [1.29, 1.82) is 0 Å². The van der Waals surface area contributed by atoms with E-state index in [2.05, 4.69) is 49.0 Å². The van der Waals surface area contributed by atoms with Gasteiger partial charge in [-0.25, -0.2) is 9.59 Å². The maximum Gasteiger partial charge on any atom is 0.414 e. The summed E-state index contributed by atoms with van der Waals surface area (Å²) >= 11 is 0. The molecule has 7 heteroatoms. The van der Waals surface area contributed by atoms with Gasteiger partial charge in [-0.15, -0.1) is 29.8 Å². The topological polar surface area (TPSA) is 90.7 Å². The SMILES string of the molecule is CN1c2ccc[c-]c2-c2ncccc2C1(C)C.O=C(O)C(=O)O.[Pt]. The zero-order chi connectivity index (χ0) is 17.2. The average Bonchev–Trinajstić information content (AvgIpc) is 2.53. The maximum absolute atomic E-state index is 9.10. The molecule has 6 nitrogen and oxygen atoms in total. The summed E-state index contributed by atoms with van der Waals surface area (Å²) in [7, 11) is 2.13. The van der Waals surface area contributed by atoms with Crippen molar-refractivity contribution in [1.82, 2.24) is 4.98 Å². The van der Waals surface area contributed by atoms with Crippen LogP contribution in [0.15, 0.2) is 36.5 Å². The zero-order valence-electron chi connectivity index (χ0n) is 13.4. The summed E-state index contributed by atoms with van der Waals surface area (Å²) in [6.45, 7) is 4.45. The molecule has 0 unspecified atom stereocenters. The van der Waals surface area contributed by atoms with Gasteiger partial charge in [0, 0.05) is 32.8 Å². The molecule has 0 bridgehead atoms. The van der Waals surface area contributed by atoms with Crippen LogP contribution in [0, 0.1) is 6.07 Å². The number of hydrogen-bond donors (Lipinski definition) is 2. The molecule has 0 aliphatic carbocycles. The molecular weight excluding hydrogens is 491 g/mol. The molecule has 130 valence electrons. The van der Waals surface area contributed by atoms with Crippen LogP contribution in [0.5, 0.6) is 0 Å². The molecular formula is C17H17N2O4Pt-. The first kappa shape index (κ1) is 19.8. The molecule has 2 aromatic rings. The number of nitrogens with zero attached hydrogens (tertiary/aromatic N) is 2. The van der Waals surface area contributed by atoms with E-state index < -0.39 is 11.9 Å². The van der Waals surface area contributed by atoms with Gasteiger partial charge >= 0.3 is 11.9 Å². The molecule has 1 aliphatic rings. The molecule has 0 saturated carbocycles. The first-order valence-electron chi connectivity index (χ1n) is 6.93. The number of pyridine rings is 1. The standard InChI is InChI=1S/C15H15N2.C2H2O4.Pt/c1-15(2)12-8-6-10-16-14(12)11-7-4-5-9-13(11)17(15)3;3-1(4)2(5)6;/h4-6,8-10H,1-3H3;(H,3,4)(H,5,6);/q-1;;. The third-order valence-electron chi connectivity index (χ3n) is 3.92. The van der Waals surface area contributed by atoms with Crippen molar-refractivity contribution in [2.45, 2.75) is 19.4 Å². The average molecular weight is 508 g/mol. The third kappa shape index (κ3) is 3.65. The largest absolute Gasteiger partial charge is 0.473 e. The van der Waals surface area contributed by atoms with Crippen LogP contribution in [0.1, 0.15) is 19.4 Å². The predicted molar refractivity (Wildman–Crippen MR) is 85.2 cm³/mol. The minimum atomic E-state index is -1.82. The van der Waals surface area contributed by atoms with Gasteiger partial charge in [-0.2, -0.15) is 0 Å². The third-order valence-corrected chi connectivity index (χ3v) is 3.92. The van der Waals surface area contributed by atoms with Crippen LogP contribution >= 0.6 is 0 Å². The van der Waals surface area contributed by atoms with Crippen molar-refractivity contribution in [3.63, 3.8) is 0 Å². The van der Waals surface area contributed by atoms with Crippen molar-refractivity contribution in [3.05, 3.63) is 48.2 Å². The van der Waals surface area contributed by atoms with Crippen LogP contribution in [-0.4, -0.2) is 34.2 Å². The molecule has 1 aromatic heterocycles. The minimum Gasteiger partial charge on any atom is -0.473 e. The fraction of sp³-hybridized carbons (Fsp3) is 0.235. The smallest absolute Gasteiger partial charge is 0.414 e. The van der Waals surface area contributed by atoms with Crippen molar-refractivity contribution < 1.29 is 40.9 Å². The number of rotatable bonds is 0. The molecule has 1 aliphatic heterocycles. The van der Waals surface area contributed by atoms with Crippen LogP contribution in [0.25, 0.3) is 11.3 Å². The molecule has 1 aromatic carbocycles. The van der Waals surface area contributed by atoms with E-state index in [0.717, 1.165) is 11.3 Å². The summed E-state index contributed by atoms with van der Waals surface area (Å²) in [4.78, 5) is 25.0. The number of aliphatic carboxylic acids is 2. The van der Waals surface area contributed by atoms with E-state index in [1.807, 2.05) is 24.4 Å². The second kappa shape index (κ2) is 7.58. The minimum absolute atomic E-state index is 0. The Kier molecular flexibility index (Phi) is 6.27. The predicted octanol–water partition coefficient (Wildman–Crippen LogP) is 2.39. The Labute approximate surface area is 154 Å². The number of benzene rings is 1. The Bertz CT molecular complexity index is 750. The Hall–Kier alpha value is -2.20. The van der Waals surface area contributed by atoms with Gasteiger partial charge in [-0.1, -0.05) is 6.07 Å². The molecule has 3 rings (SSSR count). The number of carboxylic acid groups (broad SMARTS) is 2. The Morgan fingerprint density at radius 3 is 2.38 bits per heavy atom. The molecule has 2 N–H and O–H groups in total. The number of anilines is 1. The van der Waals surface area contributed by atoms with Gasteiger partial charge < -0.3 is 20.1 Å². The molecule has 24 heavy (non-hydrogen) atoms. The second-order valence-corrected chi connectivity index (χ2v) is 5.56. The quantitative estimate of drug-likeness (QED) is 0.420. The number of hydrogen-bond acceptors (Lipinski definition) is 4. The summed E-state index contributed by atoms with van der Waals surface area (Å²) in [5, 5.41) is 14.8. The fourth-order valence-corrected chi connectivity index (χ4v) is 2.48. The van der Waals surface area contributed by atoms with Gasteiger partial charge in [0.15, 0.2) is 0 Å². The monoisotopic (exact) mass is 508 g/mol. The van der Waals surface area contributed by atoms with Crippen LogP contribution in [-0.2, 0) is 36.2 Å². The van der Waals surface area contributed by atoms with Crippen molar-refractivity contribution in [3.8, 4) is 11.3 Å². The fourth-order valence-electron chi connectivity index (χ4n) is 2.48. The Balaban J connectivity index is 0.000000359. The van der Waals surface area contributed by atoms with E-state index in [0.29, 0.717) is 0 Å². The number of fused-ring (bicyclic) bond motifs is 3. The van der Waals surface area contributed by atoms with E-state index in [9.17, 15) is 0 Å². The summed E-state index contributed by atoms with van der Waals surface area (Å²) in [6, 6.07) is 13.6. The van der Waals surface area contributed by atoms with E-state index in [1.165, 1.54) is 11.3 Å².